The maximum atomic E-state index is 11.7. The average Bonchev–Trinajstić information content (AvgIpc) is 2.98. The monoisotopic (exact) mass is 245 g/mol. The molecule has 1 fully saturated rings. The first-order valence-electron chi connectivity index (χ1n) is 6.00. The number of nitrogens with one attached hydrogen (secondary N) is 1. The van der Waals surface area contributed by atoms with Crippen molar-refractivity contribution in [2.24, 2.45) is 5.73 Å². The fraction of sp³-hybridized carbons (Fsp3) is 0.385. The van der Waals surface area contributed by atoms with Gasteiger partial charge in [0.2, 0.25) is 5.91 Å². The second kappa shape index (κ2) is 3.81. The van der Waals surface area contributed by atoms with Crippen LogP contribution in [0.5, 0.6) is 0 Å². The van der Waals surface area contributed by atoms with E-state index in [0.717, 1.165) is 29.5 Å². The molecule has 0 atom stereocenters. The molecular weight excluding hydrogens is 230 g/mol. The van der Waals surface area contributed by atoms with Crippen LogP contribution in [0.4, 0.5) is 0 Å². The minimum Gasteiger partial charge on any atom is -0.441 e. The molecule has 1 heterocycles. The third-order valence-electron chi connectivity index (χ3n) is 3.25. The van der Waals surface area contributed by atoms with Crippen LogP contribution >= 0.6 is 0 Å². The van der Waals surface area contributed by atoms with Crippen LogP contribution < -0.4 is 11.1 Å². The Morgan fingerprint density at radius 3 is 3.06 bits per heavy atom. The van der Waals surface area contributed by atoms with Gasteiger partial charge in [0, 0.05) is 13.5 Å². The third kappa shape index (κ3) is 1.97. The number of rotatable bonds is 3. The smallest absolute Gasteiger partial charge is 0.240 e. The first kappa shape index (κ1) is 11.2. The molecule has 94 valence electrons. The van der Waals surface area contributed by atoms with Crippen LogP contribution in [0.25, 0.3) is 11.1 Å². The molecular formula is C13H15N3O2. The highest BCUT2D eigenvalue weighted by atomic mass is 16.3. The number of nitrogens with two attached hydrogens (primary N) is 1. The number of hydrogen-bond acceptors (Lipinski definition) is 4. The second-order valence-electron chi connectivity index (χ2n) is 4.87. The summed E-state index contributed by atoms with van der Waals surface area (Å²) in [6.45, 7) is 2.28. The molecule has 2 aromatic rings. The Kier molecular flexibility index (Phi) is 2.38. The number of carbonyl (C=O) groups excluding carboxylic acids is 1. The summed E-state index contributed by atoms with van der Waals surface area (Å²) in [5.41, 5.74) is 7.75. The first-order chi connectivity index (χ1) is 8.57. The second-order valence-corrected chi connectivity index (χ2v) is 4.87. The Labute approximate surface area is 104 Å². The number of hydrogen-bond donors (Lipinski definition) is 2. The van der Waals surface area contributed by atoms with Gasteiger partial charge in [-0.2, -0.15) is 0 Å². The summed E-state index contributed by atoms with van der Waals surface area (Å²) in [6.07, 6.45) is 1.55. The number of benzene rings is 1. The number of fused-ring (bicyclic) bond motifs is 1. The predicted octanol–water partition coefficient (Wildman–Crippen LogP) is 1.24. The zero-order valence-electron chi connectivity index (χ0n) is 10.2. The Morgan fingerprint density at radius 2 is 2.33 bits per heavy atom. The van der Waals surface area contributed by atoms with Gasteiger partial charge in [-0.05, 0) is 30.5 Å². The van der Waals surface area contributed by atoms with Gasteiger partial charge in [0.1, 0.15) is 5.52 Å². The van der Waals surface area contributed by atoms with Gasteiger partial charge in [0.25, 0.3) is 0 Å². The minimum atomic E-state index is -0.618. The number of aromatic nitrogens is 1. The molecule has 0 aliphatic heterocycles. The maximum Gasteiger partial charge on any atom is 0.240 e. The summed E-state index contributed by atoms with van der Waals surface area (Å²) in [5, 5.41) is 2.85. The van der Waals surface area contributed by atoms with E-state index in [1.165, 1.54) is 0 Å². The van der Waals surface area contributed by atoms with Crippen molar-refractivity contribution in [2.75, 3.05) is 0 Å². The van der Waals surface area contributed by atoms with Gasteiger partial charge in [-0.15, -0.1) is 0 Å². The zero-order valence-corrected chi connectivity index (χ0v) is 10.2. The van der Waals surface area contributed by atoms with Crippen molar-refractivity contribution in [1.29, 1.82) is 0 Å². The molecule has 3 N–H and O–H groups in total. The van der Waals surface area contributed by atoms with Crippen LogP contribution in [0.15, 0.2) is 22.6 Å². The van der Waals surface area contributed by atoms with Crippen LogP contribution in [0.3, 0.4) is 0 Å². The van der Waals surface area contributed by atoms with Crippen LogP contribution in [-0.4, -0.2) is 16.4 Å². The SMILES string of the molecule is Cc1nc2ccc(CNC(=O)C3(N)CC3)cc2o1. The molecule has 1 aliphatic carbocycles. The Hall–Kier alpha value is -1.88. The lowest BCUT2D eigenvalue weighted by Gasteiger charge is -2.09. The topological polar surface area (TPSA) is 81.2 Å². The molecule has 0 bridgehead atoms. The predicted molar refractivity (Wildman–Crippen MR) is 66.7 cm³/mol. The van der Waals surface area contributed by atoms with Crippen LogP contribution in [-0.2, 0) is 11.3 Å². The van der Waals surface area contributed by atoms with Crippen molar-refractivity contribution in [1.82, 2.24) is 10.3 Å². The van der Waals surface area contributed by atoms with E-state index in [2.05, 4.69) is 10.3 Å². The van der Waals surface area contributed by atoms with Crippen molar-refractivity contribution in [2.45, 2.75) is 31.8 Å². The first-order valence-corrected chi connectivity index (χ1v) is 6.00. The Morgan fingerprint density at radius 1 is 1.56 bits per heavy atom. The highest BCUT2D eigenvalue weighted by Crippen LogP contribution is 2.32. The van der Waals surface area contributed by atoms with Gasteiger partial charge in [0.15, 0.2) is 11.5 Å². The van der Waals surface area contributed by atoms with E-state index < -0.39 is 5.54 Å². The van der Waals surface area contributed by atoms with Crippen molar-refractivity contribution >= 4 is 17.0 Å². The number of carbonyl (C=O) groups is 1. The molecule has 1 aliphatic rings. The normalized spacial score (nSPS) is 16.8. The summed E-state index contributed by atoms with van der Waals surface area (Å²) < 4.78 is 5.45. The van der Waals surface area contributed by atoms with Gasteiger partial charge in [-0.3, -0.25) is 4.79 Å². The third-order valence-corrected chi connectivity index (χ3v) is 3.25. The molecule has 0 radical (unpaired) electrons. The van der Waals surface area contributed by atoms with Crippen LogP contribution in [0.1, 0.15) is 24.3 Å². The Bertz CT molecular complexity index is 614. The quantitative estimate of drug-likeness (QED) is 0.852. The molecule has 1 aromatic heterocycles. The summed E-state index contributed by atoms with van der Waals surface area (Å²) in [6, 6.07) is 5.72. The van der Waals surface area contributed by atoms with Gasteiger partial charge in [-0.25, -0.2) is 4.98 Å². The largest absolute Gasteiger partial charge is 0.441 e. The molecule has 1 saturated carbocycles. The van der Waals surface area contributed by atoms with Crippen molar-refractivity contribution < 1.29 is 9.21 Å². The number of aryl methyl sites for hydroxylation is 1. The standard InChI is InChI=1S/C13H15N3O2/c1-8-16-10-3-2-9(6-11(10)18-8)7-15-12(17)13(14)4-5-13/h2-3,6H,4-5,7,14H2,1H3,(H,15,17). The lowest BCUT2D eigenvalue weighted by Crippen LogP contribution is -2.42. The van der Waals surface area contributed by atoms with E-state index in [-0.39, 0.29) is 5.91 Å². The molecule has 5 nitrogen and oxygen atoms in total. The summed E-state index contributed by atoms with van der Waals surface area (Å²) in [5.74, 6) is 0.571. The summed E-state index contributed by atoms with van der Waals surface area (Å²) >= 11 is 0. The fourth-order valence-electron chi connectivity index (χ4n) is 1.91. The lowest BCUT2D eigenvalue weighted by molar-refractivity contribution is -0.123. The van der Waals surface area contributed by atoms with Crippen LogP contribution in [0, 0.1) is 6.92 Å². The number of oxazole rings is 1. The highest BCUT2D eigenvalue weighted by molar-refractivity contribution is 5.89. The molecule has 3 rings (SSSR count). The van der Waals surface area contributed by atoms with E-state index >= 15 is 0 Å². The maximum absolute atomic E-state index is 11.7. The summed E-state index contributed by atoms with van der Waals surface area (Å²) in [7, 11) is 0. The van der Waals surface area contributed by atoms with E-state index in [4.69, 9.17) is 10.2 Å². The van der Waals surface area contributed by atoms with Crippen molar-refractivity contribution in [3.05, 3.63) is 29.7 Å². The van der Waals surface area contributed by atoms with E-state index in [1.807, 2.05) is 25.1 Å². The molecule has 1 aromatic carbocycles. The fourth-order valence-corrected chi connectivity index (χ4v) is 1.91. The molecule has 0 saturated heterocycles. The molecule has 0 unspecified atom stereocenters. The molecule has 0 spiro atoms. The van der Waals surface area contributed by atoms with Gasteiger partial charge >= 0.3 is 0 Å². The van der Waals surface area contributed by atoms with E-state index in [1.54, 1.807) is 0 Å². The average molecular weight is 245 g/mol. The highest BCUT2D eigenvalue weighted by Gasteiger charge is 2.45. The molecule has 18 heavy (non-hydrogen) atoms. The van der Waals surface area contributed by atoms with Gasteiger partial charge < -0.3 is 15.5 Å². The van der Waals surface area contributed by atoms with Crippen molar-refractivity contribution in [3.8, 4) is 0 Å². The molecule has 1 amide bonds. The van der Waals surface area contributed by atoms with Gasteiger partial charge in [-0.1, -0.05) is 6.07 Å². The lowest BCUT2D eigenvalue weighted by atomic mass is 10.2. The van der Waals surface area contributed by atoms with Gasteiger partial charge in [0.05, 0.1) is 5.54 Å². The van der Waals surface area contributed by atoms with E-state index in [9.17, 15) is 4.79 Å². The summed E-state index contributed by atoms with van der Waals surface area (Å²) in [4.78, 5) is 15.9. The molecule has 5 heteroatoms. The zero-order chi connectivity index (χ0) is 12.8. The minimum absolute atomic E-state index is 0.0728. The van der Waals surface area contributed by atoms with E-state index in [0.29, 0.717) is 12.4 Å². The Balaban J connectivity index is 1.72. The van der Waals surface area contributed by atoms with Crippen molar-refractivity contribution in [3.63, 3.8) is 0 Å². The number of amides is 1. The number of nitrogens with zero attached hydrogens (tertiary/aromatic N) is 1. The van der Waals surface area contributed by atoms with Crippen LogP contribution in [0.2, 0.25) is 0 Å².